The molecule has 0 spiro atoms. The number of imide groups is 1. The SMILES string of the molecule is COc1ccc2c(c1)C(=O)N(C[C@@]1(c3cc4cnccc4o3)NC(=O)N(Cc3ccccc3)C1=O)C2. The lowest BCUT2D eigenvalue weighted by Crippen LogP contribution is -2.52. The van der Waals surface area contributed by atoms with Gasteiger partial charge in [0.05, 0.1) is 20.2 Å². The highest BCUT2D eigenvalue weighted by Gasteiger charge is 2.56. The second-order valence-electron chi connectivity index (χ2n) is 8.92. The van der Waals surface area contributed by atoms with Crippen molar-refractivity contribution in [1.82, 2.24) is 20.1 Å². The fraction of sp³-hybridized carbons (Fsp3) is 0.185. The molecule has 0 aliphatic carbocycles. The number of nitrogens with one attached hydrogen (secondary N) is 1. The number of pyridine rings is 1. The largest absolute Gasteiger partial charge is 0.497 e. The van der Waals surface area contributed by atoms with Crippen LogP contribution in [-0.2, 0) is 23.4 Å². The van der Waals surface area contributed by atoms with Crippen LogP contribution in [0.2, 0.25) is 0 Å². The molecule has 4 heterocycles. The quantitative estimate of drug-likeness (QED) is 0.422. The van der Waals surface area contributed by atoms with Crippen molar-refractivity contribution in [1.29, 1.82) is 0 Å². The zero-order valence-corrected chi connectivity index (χ0v) is 19.4. The number of aromatic nitrogens is 1. The summed E-state index contributed by atoms with van der Waals surface area (Å²) in [4.78, 5) is 47.4. The smallest absolute Gasteiger partial charge is 0.325 e. The molecular weight excluding hydrogens is 460 g/mol. The first-order chi connectivity index (χ1) is 17.5. The van der Waals surface area contributed by atoms with E-state index in [1.54, 1.807) is 48.7 Å². The van der Waals surface area contributed by atoms with E-state index in [1.807, 2.05) is 36.4 Å². The van der Waals surface area contributed by atoms with E-state index in [0.29, 0.717) is 28.8 Å². The van der Waals surface area contributed by atoms with Crippen molar-refractivity contribution in [2.75, 3.05) is 13.7 Å². The number of hydrogen-bond donors (Lipinski definition) is 1. The Kier molecular flexibility index (Phi) is 4.99. The molecule has 9 heteroatoms. The summed E-state index contributed by atoms with van der Waals surface area (Å²) < 4.78 is 11.3. The zero-order valence-electron chi connectivity index (χ0n) is 19.4. The molecule has 2 aromatic heterocycles. The van der Waals surface area contributed by atoms with E-state index in [1.165, 1.54) is 0 Å². The number of hydrogen-bond acceptors (Lipinski definition) is 6. The van der Waals surface area contributed by atoms with E-state index in [4.69, 9.17) is 9.15 Å². The third-order valence-corrected chi connectivity index (χ3v) is 6.72. The molecule has 4 aromatic rings. The summed E-state index contributed by atoms with van der Waals surface area (Å²) in [5.74, 6) is 0.0952. The van der Waals surface area contributed by atoms with Crippen molar-refractivity contribution in [3.63, 3.8) is 0 Å². The highest BCUT2D eigenvalue weighted by atomic mass is 16.5. The van der Waals surface area contributed by atoms with Crippen LogP contribution >= 0.6 is 0 Å². The van der Waals surface area contributed by atoms with E-state index in [2.05, 4.69) is 10.3 Å². The Labute approximate surface area is 206 Å². The van der Waals surface area contributed by atoms with E-state index in [9.17, 15) is 14.4 Å². The van der Waals surface area contributed by atoms with Crippen LogP contribution in [0.5, 0.6) is 5.75 Å². The monoisotopic (exact) mass is 482 g/mol. The zero-order chi connectivity index (χ0) is 24.9. The number of nitrogens with zero attached hydrogens (tertiary/aromatic N) is 3. The lowest BCUT2D eigenvalue weighted by molar-refractivity contribution is -0.133. The molecule has 2 aromatic carbocycles. The van der Waals surface area contributed by atoms with Gasteiger partial charge in [-0.1, -0.05) is 36.4 Å². The van der Waals surface area contributed by atoms with Gasteiger partial charge in [-0.3, -0.25) is 19.5 Å². The summed E-state index contributed by atoms with van der Waals surface area (Å²) in [7, 11) is 1.54. The highest BCUT2D eigenvalue weighted by Crippen LogP contribution is 2.37. The van der Waals surface area contributed by atoms with E-state index in [0.717, 1.165) is 16.0 Å². The first-order valence-corrected chi connectivity index (χ1v) is 11.5. The van der Waals surface area contributed by atoms with Crippen molar-refractivity contribution in [2.24, 2.45) is 0 Å². The third kappa shape index (κ3) is 3.39. The second kappa shape index (κ2) is 8.23. The number of fused-ring (bicyclic) bond motifs is 2. The van der Waals surface area contributed by atoms with Gasteiger partial charge in [0.25, 0.3) is 11.8 Å². The first-order valence-electron chi connectivity index (χ1n) is 11.5. The van der Waals surface area contributed by atoms with Gasteiger partial charge >= 0.3 is 6.03 Å². The molecule has 9 nitrogen and oxygen atoms in total. The molecule has 2 aliphatic heterocycles. The van der Waals surface area contributed by atoms with Crippen molar-refractivity contribution < 1.29 is 23.5 Å². The maximum Gasteiger partial charge on any atom is 0.325 e. The Balaban J connectivity index is 1.40. The number of amides is 4. The first kappa shape index (κ1) is 21.8. The molecule has 0 radical (unpaired) electrons. The summed E-state index contributed by atoms with van der Waals surface area (Å²) in [5.41, 5.74) is 1.08. The number of carbonyl (C=O) groups is 3. The summed E-state index contributed by atoms with van der Waals surface area (Å²) in [5, 5.41) is 3.56. The fourth-order valence-corrected chi connectivity index (χ4v) is 4.86. The number of ether oxygens (including phenoxy) is 1. The molecule has 1 N–H and O–H groups in total. The van der Waals surface area contributed by atoms with E-state index >= 15 is 0 Å². The van der Waals surface area contributed by atoms with Gasteiger partial charge in [0.15, 0.2) is 5.54 Å². The minimum Gasteiger partial charge on any atom is -0.497 e. The summed E-state index contributed by atoms with van der Waals surface area (Å²) in [6, 6.07) is 17.4. The van der Waals surface area contributed by atoms with Gasteiger partial charge in [-0.05, 0) is 35.4 Å². The number of benzene rings is 2. The molecule has 6 rings (SSSR count). The van der Waals surface area contributed by atoms with Crippen LogP contribution < -0.4 is 10.1 Å². The topological polar surface area (TPSA) is 105 Å². The number of urea groups is 1. The van der Waals surface area contributed by atoms with Crippen molar-refractivity contribution in [2.45, 2.75) is 18.6 Å². The molecule has 1 atom stereocenters. The summed E-state index contributed by atoms with van der Waals surface area (Å²) >= 11 is 0. The minimum absolute atomic E-state index is 0.0913. The lowest BCUT2D eigenvalue weighted by Gasteiger charge is -2.29. The van der Waals surface area contributed by atoms with Gasteiger partial charge in [-0.2, -0.15) is 0 Å². The molecule has 0 unspecified atom stereocenters. The Morgan fingerprint density at radius 1 is 1.08 bits per heavy atom. The second-order valence-corrected chi connectivity index (χ2v) is 8.92. The number of rotatable bonds is 6. The number of carbonyl (C=O) groups excluding carboxylic acids is 3. The van der Waals surface area contributed by atoms with Crippen LogP contribution in [0.4, 0.5) is 4.79 Å². The standard InChI is InChI=1S/C27H22N4O5/c1-35-20-8-7-18-15-30(24(32)21(18)12-20)16-27(23-11-19-13-28-10-9-22(19)36-23)25(33)31(26(34)29-27)14-17-5-3-2-4-6-17/h2-13H,14-16H2,1H3,(H,29,34)/t27-/m0/s1. The number of methoxy groups -OCH3 is 1. The molecule has 1 fully saturated rings. The van der Waals surface area contributed by atoms with Crippen molar-refractivity contribution in [3.8, 4) is 5.75 Å². The van der Waals surface area contributed by atoms with Gasteiger partial charge in [-0.25, -0.2) is 4.79 Å². The molecule has 4 amide bonds. The Morgan fingerprint density at radius 2 is 1.92 bits per heavy atom. The Morgan fingerprint density at radius 3 is 2.69 bits per heavy atom. The average Bonchev–Trinajstić information content (AvgIpc) is 3.54. The summed E-state index contributed by atoms with van der Waals surface area (Å²) in [6.45, 7) is 0.301. The third-order valence-electron chi connectivity index (χ3n) is 6.72. The predicted octanol–water partition coefficient (Wildman–Crippen LogP) is 3.44. The average molecular weight is 482 g/mol. The van der Waals surface area contributed by atoms with Crippen LogP contribution in [0, 0.1) is 0 Å². The fourth-order valence-electron chi connectivity index (χ4n) is 4.86. The van der Waals surface area contributed by atoms with Crippen LogP contribution in [0.3, 0.4) is 0 Å². The van der Waals surface area contributed by atoms with Crippen LogP contribution in [0.25, 0.3) is 11.0 Å². The maximum absolute atomic E-state index is 14.0. The predicted molar refractivity (Wildman–Crippen MR) is 129 cm³/mol. The van der Waals surface area contributed by atoms with Gasteiger partial charge in [-0.15, -0.1) is 0 Å². The Hall–Kier alpha value is -4.66. The Bertz CT molecular complexity index is 1480. The molecular formula is C27H22N4O5. The molecule has 36 heavy (non-hydrogen) atoms. The van der Waals surface area contributed by atoms with E-state index < -0.39 is 17.5 Å². The molecule has 180 valence electrons. The lowest BCUT2D eigenvalue weighted by atomic mass is 9.94. The van der Waals surface area contributed by atoms with E-state index in [-0.39, 0.29) is 24.8 Å². The van der Waals surface area contributed by atoms with Gasteiger partial charge in [0.2, 0.25) is 0 Å². The van der Waals surface area contributed by atoms with Gasteiger partial charge in [0, 0.05) is 29.9 Å². The van der Waals surface area contributed by atoms with Crippen molar-refractivity contribution >= 4 is 28.8 Å². The summed E-state index contributed by atoms with van der Waals surface area (Å²) in [6.07, 6.45) is 3.22. The minimum atomic E-state index is -1.59. The molecule has 0 bridgehead atoms. The van der Waals surface area contributed by atoms with Gasteiger partial charge < -0.3 is 19.4 Å². The maximum atomic E-state index is 14.0. The molecule has 2 aliphatic rings. The normalized spacial score (nSPS) is 19.2. The highest BCUT2D eigenvalue weighted by molar-refractivity contribution is 6.08. The van der Waals surface area contributed by atoms with Crippen LogP contribution in [0.1, 0.15) is 27.2 Å². The van der Waals surface area contributed by atoms with Crippen LogP contribution in [-0.4, -0.2) is 46.3 Å². The van der Waals surface area contributed by atoms with Crippen molar-refractivity contribution in [3.05, 3.63) is 95.5 Å². The number of furan rings is 1. The molecule has 1 saturated heterocycles. The molecule has 0 saturated carbocycles. The van der Waals surface area contributed by atoms with Gasteiger partial charge in [0.1, 0.15) is 17.1 Å². The van der Waals surface area contributed by atoms with Crippen LogP contribution in [0.15, 0.2) is 77.5 Å².